The van der Waals surface area contributed by atoms with E-state index < -0.39 is 0 Å². The zero-order valence-corrected chi connectivity index (χ0v) is 13.0. The number of nitrogens with zero attached hydrogens (tertiary/aromatic N) is 6. The van der Waals surface area contributed by atoms with E-state index in [0.717, 1.165) is 13.1 Å². The van der Waals surface area contributed by atoms with E-state index >= 15 is 0 Å². The molecule has 2 aliphatic rings. The molecule has 2 atom stereocenters. The van der Waals surface area contributed by atoms with E-state index in [1.807, 2.05) is 19.0 Å². The van der Waals surface area contributed by atoms with Gasteiger partial charge in [0.2, 0.25) is 17.2 Å². The van der Waals surface area contributed by atoms with Crippen molar-refractivity contribution < 1.29 is 0 Å². The smallest absolute Gasteiger partial charge is 0.231 e. The number of fused-ring (bicyclic) bond motifs is 1. The topological polar surface area (TPSA) is 48.4 Å². The summed E-state index contributed by atoms with van der Waals surface area (Å²) in [5, 5.41) is 0.264. The highest BCUT2D eigenvalue weighted by molar-refractivity contribution is 6.28. The monoisotopic (exact) mass is 296 g/mol. The predicted molar refractivity (Wildman–Crippen MR) is 80.6 cm³/mol. The minimum atomic E-state index is 0.264. The van der Waals surface area contributed by atoms with Gasteiger partial charge in [-0.05, 0) is 37.9 Å². The van der Waals surface area contributed by atoms with Crippen molar-refractivity contribution in [2.75, 3.05) is 43.5 Å². The first-order chi connectivity index (χ1) is 9.54. The van der Waals surface area contributed by atoms with Crippen LogP contribution in [-0.2, 0) is 0 Å². The van der Waals surface area contributed by atoms with Crippen molar-refractivity contribution in [2.24, 2.45) is 0 Å². The molecule has 2 aliphatic heterocycles. The van der Waals surface area contributed by atoms with Crippen LogP contribution in [0.4, 0.5) is 11.9 Å². The molecular formula is C13H21ClN6. The number of piperazine rings is 1. The molecule has 0 aliphatic carbocycles. The first-order valence-corrected chi connectivity index (χ1v) is 7.52. The molecule has 3 rings (SSSR count). The first-order valence-electron chi connectivity index (χ1n) is 7.14. The maximum absolute atomic E-state index is 6.05. The Hall–Kier alpha value is -1.14. The zero-order valence-electron chi connectivity index (χ0n) is 12.3. The van der Waals surface area contributed by atoms with Crippen molar-refractivity contribution in [2.45, 2.75) is 31.8 Å². The highest BCUT2D eigenvalue weighted by atomic mass is 35.5. The van der Waals surface area contributed by atoms with Gasteiger partial charge in [0, 0.05) is 39.3 Å². The van der Waals surface area contributed by atoms with Gasteiger partial charge in [0.1, 0.15) is 0 Å². The standard InChI is InChI=1S/C13H21ClN6/c1-9-7-19-6-4-5-10(19)8-20(9)13-16-11(14)15-12(17-13)18(2)3/h9-10H,4-8H2,1-3H3. The van der Waals surface area contributed by atoms with Gasteiger partial charge >= 0.3 is 0 Å². The zero-order chi connectivity index (χ0) is 14.3. The van der Waals surface area contributed by atoms with Crippen LogP contribution >= 0.6 is 11.6 Å². The van der Waals surface area contributed by atoms with Crippen LogP contribution in [0, 0.1) is 0 Å². The summed E-state index contributed by atoms with van der Waals surface area (Å²) in [6.07, 6.45) is 2.56. The van der Waals surface area contributed by atoms with Gasteiger partial charge in [-0.1, -0.05) is 0 Å². The molecule has 0 spiro atoms. The lowest BCUT2D eigenvalue weighted by Gasteiger charge is -2.42. The lowest BCUT2D eigenvalue weighted by Crippen LogP contribution is -2.55. The molecule has 2 unspecified atom stereocenters. The van der Waals surface area contributed by atoms with E-state index in [-0.39, 0.29) is 5.28 Å². The molecule has 0 amide bonds. The van der Waals surface area contributed by atoms with Gasteiger partial charge in [0.25, 0.3) is 0 Å². The fourth-order valence-corrected chi connectivity index (χ4v) is 3.28. The maximum atomic E-state index is 6.05. The molecule has 0 saturated carbocycles. The van der Waals surface area contributed by atoms with Gasteiger partial charge in [-0.3, -0.25) is 4.90 Å². The number of hydrogen-bond acceptors (Lipinski definition) is 6. The molecule has 1 aromatic heterocycles. The number of anilines is 2. The molecule has 7 heteroatoms. The Balaban J connectivity index is 1.87. The van der Waals surface area contributed by atoms with E-state index in [9.17, 15) is 0 Å². The van der Waals surface area contributed by atoms with Crippen LogP contribution in [0.15, 0.2) is 0 Å². The average molecular weight is 297 g/mol. The van der Waals surface area contributed by atoms with Crippen LogP contribution in [0.25, 0.3) is 0 Å². The Labute approximate surface area is 124 Å². The molecule has 20 heavy (non-hydrogen) atoms. The Morgan fingerprint density at radius 3 is 2.75 bits per heavy atom. The van der Waals surface area contributed by atoms with Crippen LogP contribution < -0.4 is 9.80 Å². The second-order valence-corrected chi connectivity index (χ2v) is 6.23. The molecule has 3 heterocycles. The molecule has 1 aromatic rings. The summed E-state index contributed by atoms with van der Waals surface area (Å²) in [5.74, 6) is 1.31. The highest BCUT2D eigenvalue weighted by Crippen LogP contribution is 2.27. The third-order valence-electron chi connectivity index (χ3n) is 4.18. The van der Waals surface area contributed by atoms with E-state index in [1.54, 1.807) is 0 Å². The third-order valence-corrected chi connectivity index (χ3v) is 4.35. The molecule has 0 bridgehead atoms. The average Bonchev–Trinajstić information content (AvgIpc) is 2.83. The van der Waals surface area contributed by atoms with Gasteiger partial charge in [-0.15, -0.1) is 0 Å². The van der Waals surface area contributed by atoms with Gasteiger partial charge in [-0.2, -0.15) is 15.0 Å². The largest absolute Gasteiger partial charge is 0.347 e. The van der Waals surface area contributed by atoms with E-state index in [1.165, 1.54) is 19.4 Å². The second-order valence-electron chi connectivity index (χ2n) is 5.89. The summed E-state index contributed by atoms with van der Waals surface area (Å²) in [5.41, 5.74) is 0. The fraction of sp³-hybridized carbons (Fsp3) is 0.769. The number of rotatable bonds is 2. The van der Waals surface area contributed by atoms with Gasteiger partial charge in [-0.25, -0.2) is 0 Å². The van der Waals surface area contributed by atoms with Crippen LogP contribution in [-0.4, -0.2) is 65.7 Å². The van der Waals surface area contributed by atoms with Gasteiger partial charge in [0.15, 0.2) is 0 Å². The Kier molecular flexibility index (Phi) is 3.69. The summed E-state index contributed by atoms with van der Waals surface area (Å²) < 4.78 is 0. The predicted octanol–water partition coefficient (Wildman–Crippen LogP) is 1.26. The lowest BCUT2D eigenvalue weighted by molar-refractivity contribution is 0.201. The number of aromatic nitrogens is 3. The normalized spacial score (nSPS) is 26.7. The summed E-state index contributed by atoms with van der Waals surface area (Å²) in [4.78, 5) is 19.7. The molecule has 0 aromatic carbocycles. The summed E-state index contributed by atoms with van der Waals surface area (Å²) in [6.45, 7) is 5.50. The van der Waals surface area contributed by atoms with Gasteiger partial charge < -0.3 is 9.80 Å². The lowest BCUT2D eigenvalue weighted by atomic mass is 10.1. The van der Waals surface area contributed by atoms with Crippen molar-refractivity contribution in [1.82, 2.24) is 19.9 Å². The maximum Gasteiger partial charge on any atom is 0.231 e. The molecule has 2 fully saturated rings. The summed E-state index contributed by atoms with van der Waals surface area (Å²) >= 11 is 6.05. The second kappa shape index (κ2) is 5.33. The Morgan fingerprint density at radius 1 is 1.20 bits per heavy atom. The first kappa shape index (κ1) is 13.8. The van der Waals surface area contributed by atoms with Crippen molar-refractivity contribution >= 4 is 23.5 Å². The third kappa shape index (κ3) is 2.54. The number of hydrogen-bond donors (Lipinski definition) is 0. The SMILES string of the molecule is CC1CN2CCCC2CN1c1nc(Cl)nc(N(C)C)n1. The van der Waals surface area contributed by atoms with Crippen molar-refractivity contribution in [3.05, 3.63) is 5.28 Å². The summed E-state index contributed by atoms with van der Waals surface area (Å²) in [6, 6.07) is 1.03. The van der Waals surface area contributed by atoms with Crippen molar-refractivity contribution in [3.63, 3.8) is 0 Å². The molecular weight excluding hydrogens is 276 g/mol. The van der Waals surface area contributed by atoms with Crippen molar-refractivity contribution in [3.8, 4) is 0 Å². The quantitative estimate of drug-likeness (QED) is 0.819. The van der Waals surface area contributed by atoms with Crippen LogP contribution in [0.3, 0.4) is 0 Å². The molecule has 2 saturated heterocycles. The van der Waals surface area contributed by atoms with Crippen LogP contribution in [0.1, 0.15) is 19.8 Å². The van der Waals surface area contributed by atoms with E-state index in [0.29, 0.717) is 24.0 Å². The highest BCUT2D eigenvalue weighted by Gasteiger charge is 2.35. The molecule has 110 valence electrons. The Morgan fingerprint density at radius 2 is 2.00 bits per heavy atom. The van der Waals surface area contributed by atoms with Gasteiger partial charge in [0.05, 0.1) is 0 Å². The van der Waals surface area contributed by atoms with E-state index in [4.69, 9.17) is 11.6 Å². The molecule has 0 radical (unpaired) electrons. The minimum Gasteiger partial charge on any atom is -0.347 e. The Bertz CT molecular complexity index is 494. The molecule has 0 N–H and O–H groups in total. The fourth-order valence-electron chi connectivity index (χ4n) is 3.12. The molecule has 6 nitrogen and oxygen atoms in total. The summed E-state index contributed by atoms with van der Waals surface area (Å²) in [7, 11) is 3.82. The van der Waals surface area contributed by atoms with Crippen LogP contribution in [0.2, 0.25) is 5.28 Å². The van der Waals surface area contributed by atoms with Crippen molar-refractivity contribution in [1.29, 1.82) is 0 Å². The minimum absolute atomic E-state index is 0.264. The van der Waals surface area contributed by atoms with E-state index in [2.05, 4.69) is 31.7 Å². The number of halogens is 1. The van der Waals surface area contributed by atoms with Crippen LogP contribution in [0.5, 0.6) is 0 Å².